The lowest BCUT2D eigenvalue weighted by Gasteiger charge is -2.18. The molecule has 0 fully saturated rings. The summed E-state index contributed by atoms with van der Waals surface area (Å²) in [5, 5.41) is 4.36. The number of nitrogens with zero attached hydrogens (tertiary/aromatic N) is 2. The van der Waals surface area contributed by atoms with Crippen molar-refractivity contribution in [2.45, 2.75) is 19.9 Å². The summed E-state index contributed by atoms with van der Waals surface area (Å²) in [4.78, 5) is 0. The standard InChI is InChI=1S/C13H18N4/c1-9-6-4-5-7-11(9)13(15-14)12-8-10(2)16-17(12)3/h4-8,13,15H,14H2,1-3H3. The average Bonchev–Trinajstić information content (AvgIpc) is 2.62. The molecule has 0 spiro atoms. The number of hydrazine groups is 1. The van der Waals surface area contributed by atoms with E-state index in [0.29, 0.717) is 0 Å². The SMILES string of the molecule is Cc1cc(C(NN)c2ccccc2C)n(C)n1. The molecule has 90 valence electrons. The van der Waals surface area contributed by atoms with Crippen molar-refractivity contribution < 1.29 is 0 Å². The van der Waals surface area contributed by atoms with E-state index in [1.807, 2.05) is 30.8 Å². The molecule has 0 aliphatic heterocycles. The highest BCUT2D eigenvalue weighted by atomic mass is 15.3. The van der Waals surface area contributed by atoms with E-state index in [0.717, 1.165) is 11.4 Å². The molecule has 4 nitrogen and oxygen atoms in total. The Hall–Kier alpha value is -1.65. The zero-order chi connectivity index (χ0) is 12.4. The molecule has 0 bridgehead atoms. The number of rotatable bonds is 3. The number of nitrogens with two attached hydrogens (primary N) is 1. The number of nitrogens with one attached hydrogen (secondary N) is 1. The van der Waals surface area contributed by atoms with Crippen LogP contribution in [0, 0.1) is 13.8 Å². The summed E-state index contributed by atoms with van der Waals surface area (Å²) in [6.45, 7) is 4.07. The third-order valence-corrected chi connectivity index (χ3v) is 3.00. The summed E-state index contributed by atoms with van der Waals surface area (Å²) in [5.41, 5.74) is 7.33. The molecule has 2 aromatic rings. The van der Waals surface area contributed by atoms with Crippen molar-refractivity contribution in [2.75, 3.05) is 0 Å². The molecule has 1 aromatic heterocycles. The van der Waals surface area contributed by atoms with Crippen LogP contribution in [-0.2, 0) is 7.05 Å². The number of aromatic nitrogens is 2. The smallest absolute Gasteiger partial charge is 0.0880 e. The van der Waals surface area contributed by atoms with E-state index >= 15 is 0 Å². The van der Waals surface area contributed by atoms with Gasteiger partial charge in [0.05, 0.1) is 17.4 Å². The van der Waals surface area contributed by atoms with Crippen LogP contribution < -0.4 is 11.3 Å². The second-order valence-electron chi connectivity index (χ2n) is 4.29. The van der Waals surface area contributed by atoms with Gasteiger partial charge in [0.15, 0.2) is 0 Å². The largest absolute Gasteiger partial charge is 0.271 e. The van der Waals surface area contributed by atoms with Crippen molar-refractivity contribution in [2.24, 2.45) is 12.9 Å². The maximum absolute atomic E-state index is 5.69. The Morgan fingerprint density at radius 1 is 1.29 bits per heavy atom. The predicted molar refractivity (Wildman–Crippen MR) is 68.3 cm³/mol. The summed E-state index contributed by atoms with van der Waals surface area (Å²) in [6, 6.07) is 10.3. The molecule has 3 N–H and O–H groups in total. The third kappa shape index (κ3) is 2.23. The second-order valence-corrected chi connectivity index (χ2v) is 4.29. The van der Waals surface area contributed by atoms with Gasteiger partial charge in [0.1, 0.15) is 0 Å². The lowest BCUT2D eigenvalue weighted by atomic mass is 9.99. The molecular weight excluding hydrogens is 212 g/mol. The summed E-state index contributed by atoms with van der Waals surface area (Å²) in [6.07, 6.45) is 0. The lowest BCUT2D eigenvalue weighted by molar-refractivity contribution is 0.572. The Bertz CT molecular complexity index is 516. The Balaban J connectivity index is 2.47. The Labute approximate surface area is 101 Å². The molecule has 0 aliphatic carbocycles. The summed E-state index contributed by atoms with van der Waals surface area (Å²) < 4.78 is 1.87. The van der Waals surface area contributed by atoms with Gasteiger partial charge in [-0.15, -0.1) is 0 Å². The van der Waals surface area contributed by atoms with Crippen LogP contribution in [0.5, 0.6) is 0 Å². The quantitative estimate of drug-likeness (QED) is 0.622. The molecule has 17 heavy (non-hydrogen) atoms. The van der Waals surface area contributed by atoms with Gasteiger partial charge >= 0.3 is 0 Å². The van der Waals surface area contributed by atoms with E-state index in [4.69, 9.17) is 5.84 Å². The van der Waals surface area contributed by atoms with Crippen LogP contribution in [0.1, 0.15) is 28.6 Å². The number of aryl methyl sites for hydroxylation is 3. The minimum Gasteiger partial charge on any atom is -0.271 e. The van der Waals surface area contributed by atoms with E-state index in [2.05, 4.69) is 35.6 Å². The van der Waals surface area contributed by atoms with E-state index in [1.54, 1.807) is 0 Å². The van der Waals surface area contributed by atoms with E-state index in [-0.39, 0.29) is 6.04 Å². The highest BCUT2D eigenvalue weighted by Gasteiger charge is 2.18. The van der Waals surface area contributed by atoms with Crippen LogP contribution in [0.25, 0.3) is 0 Å². The molecule has 4 heteroatoms. The predicted octanol–water partition coefficient (Wildman–Crippen LogP) is 1.59. The Morgan fingerprint density at radius 3 is 2.53 bits per heavy atom. The van der Waals surface area contributed by atoms with Gasteiger partial charge in [-0.3, -0.25) is 10.5 Å². The first-order valence-electron chi connectivity index (χ1n) is 5.65. The normalized spacial score (nSPS) is 12.7. The molecule has 0 aliphatic rings. The third-order valence-electron chi connectivity index (χ3n) is 3.00. The maximum Gasteiger partial charge on any atom is 0.0880 e. The molecule has 0 amide bonds. The van der Waals surface area contributed by atoms with Crippen molar-refractivity contribution in [3.63, 3.8) is 0 Å². The van der Waals surface area contributed by atoms with Crippen LogP contribution >= 0.6 is 0 Å². The molecule has 1 heterocycles. The molecule has 0 radical (unpaired) electrons. The van der Waals surface area contributed by atoms with Crippen molar-refractivity contribution in [1.82, 2.24) is 15.2 Å². The van der Waals surface area contributed by atoms with Crippen LogP contribution in [0.2, 0.25) is 0 Å². The monoisotopic (exact) mass is 230 g/mol. The van der Waals surface area contributed by atoms with Gasteiger partial charge in [-0.1, -0.05) is 24.3 Å². The average molecular weight is 230 g/mol. The maximum atomic E-state index is 5.69. The highest BCUT2D eigenvalue weighted by Crippen LogP contribution is 2.24. The van der Waals surface area contributed by atoms with Crippen LogP contribution in [0.3, 0.4) is 0 Å². The van der Waals surface area contributed by atoms with Gasteiger partial charge in [-0.2, -0.15) is 5.10 Å². The first-order valence-corrected chi connectivity index (χ1v) is 5.65. The first-order chi connectivity index (χ1) is 8.13. The summed E-state index contributed by atoms with van der Waals surface area (Å²) >= 11 is 0. The van der Waals surface area contributed by atoms with Gasteiger partial charge in [0, 0.05) is 7.05 Å². The van der Waals surface area contributed by atoms with Gasteiger partial charge in [0.25, 0.3) is 0 Å². The molecule has 0 saturated heterocycles. The Morgan fingerprint density at radius 2 is 2.00 bits per heavy atom. The first kappa shape index (κ1) is 11.8. The van der Waals surface area contributed by atoms with E-state index in [1.165, 1.54) is 11.1 Å². The minimum absolute atomic E-state index is 0.0256. The van der Waals surface area contributed by atoms with Crippen molar-refractivity contribution in [1.29, 1.82) is 0 Å². The lowest BCUT2D eigenvalue weighted by Crippen LogP contribution is -2.30. The highest BCUT2D eigenvalue weighted by molar-refractivity contribution is 5.34. The van der Waals surface area contributed by atoms with Gasteiger partial charge < -0.3 is 0 Å². The number of hydrogen-bond acceptors (Lipinski definition) is 3. The molecule has 1 atom stereocenters. The topological polar surface area (TPSA) is 55.9 Å². The van der Waals surface area contributed by atoms with Crippen LogP contribution in [0.15, 0.2) is 30.3 Å². The molecule has 2 rings (SSSR count). The number of hydrogen-bond donors (Lipinski definition) is 2. The van der Waals surface area contributed by atoms with Crippen molar-refractivity contribution in [3.05, 3.63) is 52.8 Å². The summed E-state index contributed by atoms with van der Waals surface area (Å²) in [5.74, 6) is 5.69. The van der Waals surface area contributed by atoms with E-state index < -0.39 is 0 Å². The van der Waals surface area contributed by atoms with Crippen molar-refractivity contribution >= 4 is 0 Å². The fraction of sp³-hybridized carbons (Fsp3) is 0.308. The molecule has 0 saturated carbocycles. The molecule has 1 unspecified atom stereocenters. The van der Waals surface area contributed by atoms with Crippen LogP contribution in [0.4, 0.5) is 0 Å². The van der Waals surface area contributed by atoms with Gasteiger partial charge in [0.2, 0.25) is 0 Å². The fourth-order valence-electron chi connectivity index (χ4n) is 2.15. The molecular formula is C13H18N4. The van der Waals surface area contributed by atoms with Gasteiger partial charge in [-0.25, -0.2) is 5.43 Å². The van der Waals surface area contributed by atoms with E-state index in [9.17, 15) is 0 Å². The zero-order valence-corrected chi connectivity index (χ0v) is 10.4. The van der Waals surface area contributed by atoms with Crippen LogP contribution in [-0.4, -0.2) is 9.78 Å². The zero-order valence-electron chi connectivity index (χ0n) is 10.4. The Kier molecular flexibility index (Phi) is 3.26. The van der Waals surface area contributed by atoms with Gasteiger partial charge in [-0.05, 0) is 31.0 Å². The molecule has 1 aromatic carbocycles. The fourth-order valence-corrected chi connectivity index (χ4v) is 2.15. The summed E-state index contributed by atoms with van der Waals surface area (Å²) in [7, 11) is 1.94. The minimum atomic E-state index is -0.0256. The second kappa shape index (κ2) is 4.69. The number of benzene rings is 1. The van der Waals surface area contributed by atoms with Crippen molar-refractivity contribution in [3.8, 4) is 0 Å².